The summed E-state index contributed by atoms with van der Waals surface area (Å²) in [6.07, 6.45) is -0.0131. The highest BCUT2D eigenvalue weighted by Gasteiger charge is 2.11. The first kappa shape index (κ1) is 13.8. The summed E-state index contributed by atoms with van der Waals surface area (Å²) in [6, 6.07) is 4.44. The lowest BCUT2D eigenvalue weighted by atomic mass is 10.2. The molecule has 0 fully saturated rings. The Hall–Kier alpha value is -1.29. The second kappa shape index (κ2) is 5.87. The van der Waals surface area contributed by atoms with Crippen molar-refractivity contribution in [1.29, 1.82) is 0 Å². The van der Waals surface area contributed by atoms with Crippen LogP contribution in [0.25, 0.3) is 0 Å². The summed E-state index contributed by atoms with van der Waals surface area (Å²) in [5.74, 6) is 1.60. The molecule has 96 valence electrons. The van der Waals surface area contributed by atoms with Crippen molar-refractivity contribution < 1.29 is 4.74 Å². The van der Waals surface area contributed by atoms with Crippen LogP contribution in [0.5, 0.6) is 5.88 Å². The van der Waals surface area contributed by atoms with Crippen molar-refractivity contribution in [1.82, 2.24) is 4.98 Å². The van der Waals surface area contributed by atoms with Crippen LogP contribution in [0.4, 0.5) is 5.82 Å². The molecule has 1 aromatic rings. The fourth-order valence-corrected chi connectivity index (χ4v) is 1.32. The zero-order valence-corrected chi connectivity index (χ0v) is 11.4. The van der Waals surface area contributed by atoms with Gasteiger partial charge in [-0.15, -0.1) is 0 Å². The predicted molar refractivity (Wildman–Crippen MR) is 71.7 cm³/mol. The number of ether oxygens (including phenoxy) is 1. The van der Waals surface area contributed by atoms with E-state index < -0.39 is 0 Å². The van der Waals surface area contributed by atoms with Crippen molar-refractivity contribution >= 4 is 5.82 Å². The number of anilines is 1. The Kier molecular flexibility index (Phi) is 4.75. The van der Waals surface area contributed by atoms with Gasteiger partial charge in [-0.2, -0.15) is 4.98 Å². The van der Waals surface area contributed by atoms with E-state index in [-0.39, 0.29) is 6.10 Å². The summed E-state index contributed by atoms with van der Waals surface area (Å²) >= 11 is 0. The third-order valence-electron chi connectivity index (χ3n) is 2.82. The van der Waals surface area contributed by atoms with Gasteiger partial charge in [-0.05, 0) is 33.8 Å². The molecule has 0 aromatic carbocycles. The van der Waals surface area contributed by atoms with Gasteiger partial charge in [0.1, 0.15) is 11.9 Å². The Morgan fingerprint density at radius 3 is 2.53 bits per heavy atom. The fraction of sp³-hybridized carbons (Fsp3) is 0.615. The van der Waals surface area contributed by atoms with Gasteiger partial charge in [0.2, 0.25) is 5.88 Å². The first-order valence-corrected chi connectivity index (χ1v) is 6.03. The van der Waals surface area contributed by atoms with Gasteiger partial charge < -0.3 is 15.4 Å². The predicted octanol–water partition coefficient (Wildman–Crippen LogP) is 1.96. The van der Waals surface area contributed by atoms with Gasteiger partial charge in [0.15, 0.2) is 0 Å². The topological polar surface area (TPSA) is 51.4 Å². The normalized spacial score (nSPS) is 12.6. The lowest BCUT2D eigenvalue weighted by molar-refractivity contribution is 0.219. The highest BCUT2D eigenvalue weighted by Crippen LogP contribution is 2.21. The van der Waals surface area contributed by atoms with E-state index in [1.54, 1.807) is 0 Å². The Morgan fingerprint density at radius 1 is 1.35 bits per heavy atom. The molecule has 0 amide bonds. The smallest absolute Gasteiger partial charge is 0.218 e. The lowest BCUT2D eigenvalue weighted by Gasteiger charge is -2.24. The SMILES string of the molecule is Cc1ccc(N(C)C(C)C)nc1O[C@H](C)CN. The number of aryl methyl sites for hydroxylation is 1. The summed E-state index contributed by atoms with van der Waals surface area (Å²) in [7, 11) is 2.03. The standard InChI is InChI=1S/C13H23N3O/c1-9(2)16(5)12-7-6-10(3)13(15-12)17-11(4)8-14/h6-7,9,11H,8,14H2,1-5H3/t11-/m1/s1. The lowest BCUT2D eigenvalue weighted by Crippen LogP contribution is -2.27. The summed E-state index contributed by atoms with van der Waals surface area (Å²) in [4.78, 5) is 6.64. The molecule has 1 aromatic heterocycles. The van der Waals surface area contributed by atoms with Crippen LogP contribution in [-0.2, 0) is 0 Å². The number of rotatable bonds is 5. The summed E-state index contributed by atoms with van der Waals surface area (Å²) < 4.78 is 5.70. The number of aromatic nitrogens is 1. The molecule has 1 heterocycles. The van der Waals surface area contributed by atoms with Crippen LogP contribution in [0, 0.1) is 6.92 Å². The Morgan fingerprint density at radius 2 is 2.00 bits per heavy atom. The van der Waals surface area contributed by atoms with Crippen LogP contribution in [-0.4, -0.2) is 30.7 Å². The van der Waals surface area contributed by atoms with Crippen LogP contribution >= 0.6 is 0 Å². The molecule has 4 heteroatoms. The van der Waals surface area contributed by atoms with Crippen LogP contribution in [0.3, 0.4) is 0 Å². The van der Waals surface area contributed by atoms with Crippen molar-refractivity contribution in [2.75, 3.05) is 18.5 Å². The van der Waals surface area contributed by atoms with Gasteiger partial charge >= 0.3 is 0 Å². The fourth-order valence-electron chi connectivity index (χ4n) is 1.32. The third-order valence-corrected chi connectivity index (χ3v) is 2.82. The second-order valence-corrected chi connectivity index (χ2v) is 4.66. The van der Waals surface area contributed by atoms with Crippen molar-refractivity contribution in [3.63, 3.8) is 0 Å². The monoisotopic (exact) mass is 237 g/mol. The average molecular weight is 237 g/mol. The third kappa shape index (κ3) is 3.60. The highest BCUT2D eigenvalue weighted by molar-refractivity contribution is 5.43. The van der Waals surface area contributed by atoms with E-state index in [1.165, 1.54) is 0 Å². The quantitative estimate of drug-likeness (QED) is 0.850. The molecular weight excluding hydrogens is 214 g/mol. The van der Waals surface area contributed by atoms with Crippen molar-refractivity contribution in [2.24, 2.45) is 5.73 Å². The molecule has 0 aliphatic carbocycles. The Bertz CT molecular complexity index is 366. The maximum absolute atomic E-state index is 5.70. The summed E-state index contributed by atoms with van der Waals surface area (Å²) in [6.45, 7) is 8.69. The summed E-state index contributed by atoms with van der Waals surface area (Å²) in [5, 5.41) is 0. The molecule has 0 aliphatic rings. The van der Waals surface area contributed by atoms with Gasteiger partial charge in [0.05, 0.1) is 0 Å². The molecule has 0 saturated heterocycles. The van der Waals surface area contributed by atoms with E-state index in [4.69, 9.17) is 10.5 Å². The molecular formula is C13H23N3O. The molecule has 0 bridgehead atoms. The van der Waals surface area contributed by atoms with Gasteiger partial charge in [-0.3, -0.25) is 0 Å². The molecule has 17 heavy (non-hydrogen) atoms. The molecule has 2 N–H and O–H groups in total. The highest BCUT2D eigenvalue weighted by atomic mass is 16.5. The van der Waals surface area contributed by atoms with Gasteiger partial charge in [0, 0.05) is 25.2 Å². The first-order chi connectivity index (χ1) is 7.95. The van der Waals surface area contributed by atoms with E-state index in [9.17, 15) is 0 Å². The maximum atomic E-state index is 5.70. The van der Waals surface area contributed by atoms with E-state index in [1.807, 2.05) is 33.0 Å². The zero-order valence-electron chi connectivity index (χ0n) is 11.4. The minimum absolute atomic E-state index is 0.0131. The molecule has 0 spiro atoms. The van der Waals surface area contributed by atoms with E-state index in [2.05, 4.69) is 23.7 Å². The zero-order chi connectivity index (χ0) is 13.0. The van der Waals surface area contributed by atoms with Crippen LogP contribution in [0.1, 0.15) is 26.3 Å². The Balaban J connectivity index is 2.94. The molecule has 1 atom stereocenters. The van der Waals surface area contributed by atoms with Crippen molar-refractivity contribution in [2.45, 2.75) is 39.8 Å². The van der Waals surface area contributed by atoms with E-state index in [0.29, 0.717) is 18.5 Å². The molecule has 0 saturated carbocycles. The minimum atomic E-state index is -0.0131. The van der Waals surface area contributed by atoms with Crippen LogP contribution < -0.4 is 15.4 Å². The molecule has 0 unspecified atom stereocenters. The van der Waals surface area contributed by atoms with Crippen LogP contribution in [0.2, 0.25) is 0 Å². The number of hydrogen-bond donors (Lipinski definition) is 1. The minimum Gasteiger partial charge on any atom is -0.473 e. The largest absolute Gasteiger partial charge is 0.473 e. The first-order valence-electron chi connectivity index (χ1n) is 6.03. The molecule has 0 aliphatic heterocycles. The molecule has 4 nitrogen and oxygen atoms in total. The number of nitrogens with zero attached hydrogens (tertiary/aromatic N) is 2. The number of pyridine rings is 1. The second-order valence-electron chi connectivity index (χ2n) is 4.66. The van der Waals surface area contributed by atoms with Crippen molar-refractivity contribution in [3.8, 4) is 5.88 Å². The van der Waals surface area contributed by atoms with Gasteiger partial charge in [0.25, 0.3) is 0 Å². The Labute approximate surface area is 104 Å². The van der Waals surface area contributed by atoms with Gasteiger partial charge in [-0.25, -0.2) is 0 Å². The number of nitrogens with two attached hydrogens (primary N) is 1. The van der Waals surface area contributed by atoms with E-state index in [0.717, 1.165) is 11.4 Å². The van der Waals surface area contributed by atoms with E-state index >= 15 is 0 Å². The average Bonchev–Trinajstić information content (AvgIpc) is 2.30. The molecule has 1 rings (SSSR count). The maximum Gasteiger partial charge on any atom is 0.218 e. The summed E-state index contributed by atoms with van der Waals surface area (Å²) in [5.41, 5.74) is 6.59. The number of hydrogen-bond acceptors (Lipinski definition) is 4. The van der Waals surface area contributed by atoms with Gasteiger partial charge in [-0.1, -0.05) is 6.07 Å². The van der Waals surface area contributed by atoms with Crippen LogP contribution in [0.15, 0.2) is 12.1 Å². The molecule has 0 radical (unpaired) electrons. The van der Waals surface area contributed by atoms with Crippen molar-refractivity contribution in [3.05, 3.63) is 17.7 Å².